The van der Waals surface area contributed by atoms with E-state index < -0.39 is 0 Å². The molecule has 1 aliphatic carbocycles. The quantitative estimate of drug-likeness (QED) is 0.220. The normalized spacial score (nSPS) is 17.6. The number of rotatable bonds is 11. The maximum Gasteiger partial charge on any atom is 0.191 e. The molecule has 0 heterocycles. The van der Waals surface area contributed by atoms with E-state index in [0.29, 0.717) is 11.5 Å². The van der Waals surface area contributed by atoms with Gasteiger partial charge in [0.25, 0.3) is 0 Å². The number of guanidine groups is 1. The van der Waals surface area contributed by atoms with Crippen molar-refractivity contribution in [1.29, 1.82) is 0 Å². The summed E-state index contributed by atoms with van der Waals surface area (Å²) in [6.07, 6.45) is 7.57. The van der Waals surface area contributed by atoms with Crippen molar-refractivity contribution >= 4 is 29.9 Å². The number of nitrogens with one attached hydrogen (secondary N) is 2. The van der Waals surface area contributed by atoms with Gasteiger partial charge in [0.2, 0.25) is 0 Å². The molecule has 0 bridgehead atoms. The first-order chi connectivity index (χ1) is 10.5. The molecular formula is C18H38IN3O. The molecule has 0 saturated heterocycles. The third-order valence-electron chi connectivity index (χ3n) is 4.59. The third kappa shape index (κ3) is 10.4. The van der Waals surface area contributed by atoms with Crippen LogP contribution in [0.5, 0.6) is 0 Å². The second-order valence-corrected chi connectivity index (χ2v) is 7.24. The fourth-order valence-electron chi connectivity index (χ4n) is 2.73. The molecule has 2 N–H and O–H groups in total. The summed E-state index contributed by atoms with van der Waals surface area (Å²) in [5.41, 5.74) is 0.452. The Balaban J connectivity index is 0.00000484. The van der Waals surface area contributed by atoms with E-state index in [-0.39, 0.29) is 24.0 Å². The molecule has 4 nitrogen and oxygen atoms in total. The van der Waals surface area contributed by atoms with Gasteiger partial charge in [0.15, 0.2) is 5.96 Å². The van der Waals surface area contributed by atoms with E-state index in [9.17, 15) is 0 Å². The molecule has 0 aliphatic heterocycles. The fourth-order valence-corrected chi connectivity index (χ4v) is 2.73. The second kappa shape index (κ2) is 12.3. The lowest BCUT2D eigenvalue weighted by Gasteiger charge is -2.21. The lowest BCUT2D eigenvalue weighted by atomic mass is 10.0. The number of aliphatic imine (C=N–C) groups is 1. The summed E-state index contributed by atoms with van der Waals surface area (Å²) in [5.74, 6) is 1.74. The molecule has 1 unspecified atom stereocenters. The molecular weight excluding hydrogens is 401 g/mol. The van der Waals surface area contributed by atoms with Gasteiger partial charge < -0.3 is 15.4 Å². The molecule has 0 aromatic rings. The monoisotopic (exact) mass is 439 g/mol. The predicted molar refractivity (Wildman–Crippen MR) is 111 cm³/mol. The van der Waals surface area contributed by atoms with E-state index >= 15 is 0 Å². The number of ether oxygens (including phenoxy) is 1. The van der Waals surface area contributed by atoms with Crippen molar-refractivity contribution in [2.24, 2.45) is 16.3 Å². The first-order valence-corrected chi connectivity index (χ1v) is 9.06. The van der Waals surface area contributed by atoms with E-state index in [1.165, 1.54) is 32.1 Å². The average molecular weight is 439 g/mol. The molecule has 1 atom stereocenters. The summed E-state index contributed by atoms with van der Waals surface area (Å²) in [4.78, 5) is 4.36. The summed E-state index contributed by atoms with van der Waals surface area (Å²) < 4.78 is 5.50. The van der Waals surface area contributed by atoms with Crippen molar-refractivity contribution in [3.05, 3.63) is 0 Å². The smallest absolute Gasteiger partial charge is 0.191 e. The highest BCUT2D eigenvalue weighted by atomic mass is 127. The van der Waals surface area contributed by atoms with Gasteiger partial charge in [0.1, 0.15) is 0 Å². The molecule has 1 rings (SSSR count). The van der Waals surface area contributed by atoms with E-state index in [1.807, 2.05) is 7.05 Å². The van der Waals surface area contributed by atoms with Crippen molar-refractivity contribution in [2.75, 3.05) is 26.8 Å². The van der Waals surface area contributed by atoms with Crippen molar-refractivity contribution in [3.8, 4) is 0 Å². The van der Waals surface area contributed by atoms with Gasteiger partial charge in [-0.05, 0) is 50.9 Å². The van der Waals surface area contributed by atoms with Crippen molar-refractivity contribution in [2.45, 2.75) is 72.3 Å². The Labute approximate surface area is 160 Å². The average Bonchev–Trinajstić information content (AvgIpc) is 3.23. The van der Waals surface area contributed by atoms with Gasteiger partial charge >= 0.3 is 0 Å². The van der Waals surface area contributed by atoms with Gasteiger partial charge in [-0.1, -0.05) is 26.7 Å². The van der Waals surface area contributed by atoms with Crippen LogP contribution in [0.3, 0.4) is 0 Å². The molecule has 5 heteroatoms. The van der Waals surface area contributed by atoms with Crippen molar-refractivity contribution < 1.29 is 4.74 Å². The number of hydrogen-bond acceptors (Lipinski definition) is 2. The minimum Gasteiger partial charge on any atom is -0.382 e. The van der Waals surface area contributed by atoms with Crippen molar-refractivity contribution in [3.63, 3.8) is 0 Å². The van der Waals surface area contributed by atoms with Crippen LogP contribution in [0.1, 0.15) is 66.2 Å². The second-order valence-electron chi connectivity index (χ2n) is 7.24. The maximum atomic E-state index is 5.50. The molecule has 1 aliphatic rings. The Morgan fingerprint density at radius 3 is 2.43 bits per heavy atom. The molecule has 1 fully saturated rings. The number of nitrogens with zero attached hydrogens (tertiary/aromatic N) is 1. The maximum absolute atomic E-state index is 5.50. The topological polar surface area (TPSA) is 45.6 Å². The molecule has 0 aromatic heterocycles. The van der Waals surface area contributed by atoms with Gasteiger partial charge in [-0.3, -0.25) is 4.99 Å². The third-order valence-corrected chi connectivity index (χ3v) is 4.59. The van der Waals surface area contributed by atoms with Crippen LogP contribution in [0.4, 0.5) is 0 Å². The Hall–Kier alpha value is -0.0400. The van der Waals surface area contributed by atoms with Crippen LogP contribution in [0.15, 0.2) is 4.99 Å². The van der Waals surface area contributed by atoms with E-state index in [0.717, 1.165) is 38.1 Å². The summed E-state index contributed by atoms with van der Waals surface area (Å²) >= 11 is 0. The highest BCUT2D eigenvalue weighted by Gasteiger charge is 2.41. The minimum absolute atomic E-state index is 0. The summed E-state index contributed by atoms with van der Waals surface area (Å²) in [5, 5.41) is 7.03. The van der Waals surface area contributed by atoms with Crippen LogP contribution in [0, 0.1) is 11.3 Å². The summed E-state index contributed by atoms with van der Waals surface area (Å²) in [6.45, 7) is 11.6. The zero-order chi connectivity index (χ0) is 16.4. The first kappa shape index (κ1) is 23.0. The van der Waals surface area contributed by atoms with E-state index in [4.69, 9.17) is 4.74 Å². The van der Waals surface area contributed by atoms with Crippen LogP contribution in [-0.4, -0.2) is 38.8 Å². The van der Waals surface area contributed by atoms with Crippen molar-refractivity contribution in [1.82, 2.24) is 10.6 Å². The summed E-state index contributed by atoms with van der Waals surface area (Å²) in [6, 6.07) is 0.475. The standard InChI is InChI=1S/C18H37N3O.HI/c1-6-22-13-12-18(10-11-18)14-20-17(19-5)21-16(4)9-7-8-15(2)3;/h15-16H,6-14H2,1-5H3,(H2,19,20,21);1H. The molecule has 0 spiro atoms. The Morgan fingerprint density at radius 2 is 1.91 bits per heavy atom. The summed E-state index contributed by atoms with van der Waals surface area (Å²) in [7, 11) is 1.86. The highest BCUT2D eigenvalue weighted by Crippen LogP contribution is 2.48. The van der Waals surface area contributed by atoms with Crippen LogP contribution in [-0.2, 0) is 4.74 Å². The number of halogens is 1. The molecule has 0 amide bonds. The van der Waals surface area contributed by atoms with Gasteiger partial charge in [-0.2, -0.15) is 0 Å². The predicted octanol–water partition coefficient (Wildman–Crippen LogP) is 4.19. The van der Waals surface area contributed by atoms with Crippen LogP contribution in [0.2, 0.25) is 0 Å². The lowest BCUT2D eigenvalue weighted by molar-refractivity contribution is 0.128. The van der Waals surface area contributed by atoms with Gasteiger partial charge in [0, 0.05) is 32.8 Å². The van der Waals surface area contributed by atoms with E-state index in [2.05, 4.69) is 43.3 Å². The Bertz CT molecular complexity index is 330. The lowest BCUT2D eigenvalue weighted by Crippen LogP contribution is -2.44. The van der Waals surface area contributed by atoms with Gasteiger partial charge in [-0.15, -0.1) is 24.0 Å². The number of hydrogen-bond donors (Lipinski definition) is 2. The van der Waals surface area contributed by atoms with Gasteiger partial charge in [-0.25, -0.2) is 0 Å². The molecule has 1 saturated carbocycles. The molecule has 0 radical (unpaired) electrons. The molecule has 23 heavy (non-hydrogen) atoms. The van der Waals surface area contributed by atoms with Gasteiger partial charge in [0.05, 0.1) is 0 Å². The van der Waals surface area contributed by atoms with Crippen LogP contribution < -0.4 is 10.6 Å². The highest BCUT2D eigenvalue weighted by molar-refractivity contribution is 14.0. The van der Waals surface area contributed by atoms with Crippen LogP contribution >= 0.6 is 24.0 Å². The van der Waals surface area contributed by atoms with Crippen LogP contribution in [0.25, 0.3) is 0 Å². The fraction of sp³-hybridized carbons (Fsp3) is 0.944. The zero-order valence-electron chi connectivity index (χ0n) is 15.8. The Morgan fingerprint density at radius 1 is 1.22 bits per heavy atom. The molecule has 138 valence electrons. The Kier molecular flexibility index (Phi) is 12.3. The molecule has 0 aromatic carbocycles. The first-order valence-electron chi connectivity index (χ1n) is 9.06. The zero-order valence-corrected chi connectivity index (χ0v) is 18.1. The van der Waals surface area contributed by atoms with E-state index in [1.54, 1.807) is 0 Å². The minimum atomic E-state index is 0. The SMILES string of the molecule is CCOCCC1(CNC(=NC)NC(C)CCCC(C)C)CC1.I. The largest absolute Gasteiger partial charge is 0.382 e.